The predicted octanol–water partition coefficient (Wildman–Crippen LogP) is 5.88. The summed E-state index contributed by atoms with van der Waals surface area (Å²) in [5, 5.41) is 11.3. The van der Waals surface area contributed by atoms with E-state index in [-0.39, 0.29) is 0 Å². The first-order valence-electron chi connectivity index (χ1n) is 11.6. The Bertz CT molecular complexity index is 1710. The van der Waals surface area contributed by atoms with Crippen LogP contribution in [0.4, 0.5) is 0 Å². The van der Waals surface area contributed by atoms with Gasteiger partial charge in [0, 0.05) is 23.2 Å². The fraction of sp³-hybridized carbons (Fsp3) is 0. The van der Waals surface area contributed by atoms with Crippen molar-refractivity contribution >= 4 is 21.8 Å². The second-order valence-electron chi connectivity index (χ2n) is 8.36. The minimum Gasteiger partial charge on any atom is -0.308 e. The van der Waals surface area contributed by atoms with Crippen molar-refractivity contribution in [3.8, 4) is 34.5 Å². The highest BCUT2D eigenvalue weighted by molar-refractivity contribution is 6.09. The van der Waals surface area contributed by atoms with Crippen LogP contribution in [0.15, 0.2) is 116 Å². The average Bonchev–Trinajstić information content (AvgIpc) is 3.54. The highest BCUT2D eigenvalue weighted by Crippen LogP contribution is 2.32. The maximum Gasteiger partial charge on any atom is 0.188 e. The molecular formula is C29H19N7. The van der Waals surface area contributed by atoms with Crippen LogP contribution in [0.25, 0.3) is 56.3 Å². The lowest BCUT2D eigenvalue weighted by Crippen LogP contribution is -2.05. The van der Waals surface area contributed by atoms with Crippen LogP contribution in [0.1, 0.15) is 0 Å². The Labute approximate surface area is 206 Å². The molecule has 7 heteroatoms. The molecule has 0 saturated heterocycles. The molecule has 170 valence electrons. The van der Waals surface area contributed by atoms with E-state index in [0.717, 1.165) is 16.7 Å². The second kappa shape index (κ2) is 8.25. The number of para-hydroxylation sites is 2. The molecule has 7 rings (SSSR count). The van der Waals surface area contributed by atoms with Gasteiger partial charge in [0.1, 0.15) is 17.2 Å². The molecule has 0 atom stereocenters. The summed E-state index contributed by atoms with van der Waals surface area (Å²) in [4.78, 5) is 13.9. The van der Waals surface area contributed by atoms with Gasteiger partial charge in [-0.05, 0) is 48.5 Å². The highest BCUT2D eigenvalue weighted by atomic mass is 15.3. The summed E-state index contributed by atoms with van der Waals surface area (Å²) in [7, 11) is 0. The van der Waals surface area contributed by atoms with Gasteiger partial charge in [-0.1, -0.05) is 48.5 Å². The van der Waals surface area contributed by atoms with Crippen molar-refractivity contribution in [2.24, 2.45) is 0 Å². The number of fused-ring (bicyclic) bond motifs is 3. The normalized spacial score (nSPS) is 11.3. The molecular weight excluding hydrogens is 446 g/mol. The number of rotatable bonds is 4. The van der Waals surface area contributed by atoms with Crippen LogP contribution in [0.5, 0.6) is 0 Å². The lowest BCUT2D eigenvalue weighted by Gasteiger charge is -2.11. The van der Waals surface area contributed by atoms with Gasteiger partial charge >= 0.3 is 0 Å². The third kappa shape index (κ3) is 3.18. The summed E-state index contributed by atoms with van der Waals surface area (Å²) < 4.78 is 4.15. The van der Waals surface area contributed by atoms with Gasteiger partial charge in [0.05, 0.1) is 22.9 Å². The molecule has 0 N–H and O–H groups in total. The van der Waals surface area contributed by atoms with Gasteiger partial charge < -0.3 is 4.57 Å². The second-order valence-corrected chi connectivity index (χ2v) is 8.36. The van der Waals surface area contributed by atoms with Crippen LogP contribution in [0.2, 0.25) is 0 Å². The summed E-state index contributed by atoms with van der Waals surface area (Å²) in [6.45, 7) is 0. The van der Waals surface area contributed by atoms with Gasteiger partial charge in [0.15, 0.2) is 11.6 Å². The molecule has 0 aliphatic carbocycles. The largest absolute Gasteiger partial charge is 0.308 e. The molecule has 5 heterocycles. The Balaban J connectivity index is 1.41. The van der Waals surface area contributed by atoms with Crippen LogP contribution in [-0.2, 0) is 0 Å². The zero-order valence-corrected chi connectivity index (χ0v) is 19.1. The quantitative estimate of drug-likeness (QED) is 0.324. The molecule has 0 radical (unpaired) electrons. The molecule has 7 aromatic rings. The van der Waals surface area contributed by atoms with Gasteiger partial charge in [-0.3, -0.25) is 14.5 Å². The lowest BCUT2D eigenvalue weighted by molar-refractivity contribution is 0.982. The van der Waals surface area contributed by atoms with E-state index in [1.807, 2.05) is 53.2 Å². The number of hydrogen-bond acceptors (Lipinski definition) is 5. The van der Waals surface area contributed by atoms with E-state index in [4.69, 9.17) is 4.98 Å². The SMILES string of the molecule is c1ccc(-c2nnc(-c3ccccn3)n2-c2ccc(-n3c4ccccc4c4ccccc43)cn2)nc1. The van der Waals surface area contributed by atoms with Crippen molar-refractivity contribution in [3.05, 3.63) is 116 Å². The zero-order chi connectivity index (χ0) is 23.9. The molecule has 7 nitrogen and oxygen atoms in total. The fourth-order valence-electron chi connectivity index (χ4n) is 4.67. The molecule has 0 unspecified atom stereocenters. The first-order chi connectivity index (χ1) is 17.9. The molecule has 36 heavy (non-hydrogen) atoms. The molecule has 0 fully saturated rings. The summed E-state index contributed by atoms with van der Waals surface area (Å²) in [6, 6.07) is 32.4. The molecule has 0 aliphatic rings. The van der Waals surface area contributed by atoms with Crippen molar-refractivity contribution < 1.29 is 0 Å². The standard InChI is InChI=1S/C29H19N7/c1-3-13-25-21(9-1)22-10-2-4-14-26(22)35(25)20-15-16-27(32-19-20)36-28(23-11-5-7-17-30-23)33-34-29(36)24-12-6-8-18-31-24/h1-19H. The van der Waals surface area contributed by atoms with Crippen LogP contribution >= 0.6 is 0 Å². The van der Waals surface area contributed by atoms with Crippen molar-refractivity contribution in [2.75, 3.05) is 0 Å². The minimum absolute atomic E-state index is 0.605. The van der Waals surface area contributed by atoms with Gasteiger partial charge in [-0.2, -0.15) is 0 Å². The Hall–Kier alpha value is -5.17. The van der Waals surface area contributed by atoms with E-state index < -0.39 is 0 Å². The molecule has 2 aromatic carbocycles. The van der Waals surface area contributed by atoms with E-state index >= 15 is 0 Å². The lowest BCUT2D eigenvalue weighted by atomic mass is 10.2. The maximum absolute atomic E-state index is 4.87. The van der Waals surface area contributed by atoms with E-state index in [2.05, 4.69) is 79.3 Å². The van der Waals surface area contributed by atoms with Crippen molar-refractivity contribution in [2.45, 2.75) is 0 Å². The third-order valence-corrected chi connectivity index (χ3v) is 6.25. The summed E-state index contributed by atoms with van der Waals surface area (Å²) in [5.41, 5.74) is 4.67. The molecule has 0 saturated carbocycles. The number of benzene rings is 2. The van der Waals surface area contributed by atoms with E-state index in [0.29, 0.717) is 28.9 Å². The van der Waals surface area contributed by atoms with Crippen molar-refractivity contribution in [3.63, 3.8) is 0 Å². The Morgan fingerprint density at radius 2 is 1.03 bits per heavy atom. The Morgan fingerprint density at radius 1 is 0.472 bits per heavy atom. The summed E-state index contributed by atoms with van der Waals surface area (Å²) >= 11 is 0. The van der Waals surface area contributed by atoms with E-state index in [9.17, 15) is 0 Å². The predicted molar refractivity (Wildman–Crippen MR) is 140 cm³/mol. The van der Waals surface area contributed by atoms with Crippen molar-refractivity contribution in [1.82, 2.24) is 34.3 Å². The van der Waals surface area contributed by atoms with Gasteiger partial charge in [0.25, 0.3) is 0 Å². The molecule has 0 spiro atoms. The smallest absolute Gasteiger partial charge is 0.188 e. The molecule has 5 aromatic heterocycles. The van der Waals surface area contributed by atoms with Crippen LogP contribution < -0.4 is 0 Å². The molecule has 0 amide bonds. The number of pyridine rings is 3. The summed E-state index contributed by atoms with van der Waals surface area (Å²) in [5.74, 6) is 1.90. The van der Waals surface area contributed by atoms with Gasteiger partial charge in [0.2, 0.25) is 0 Å². The van der Waals surface area contributed by atoms with Crippen LogP contribution in [-0.4, -0.2) is 34.3 Å². The Kier molecular flexibility index (Phi) is 4.63. The van der Waals surface area contributed by atoms with Crippen LogP contribution in [0, 0.1) is 0 Å². The molecule has 0 bridgehead atoms. The van der Waals surface area contributed by atoms with Gasteiger partial charge in [-0.15, -0.1) is 10.2 Å². The number of nitrogens with zero attached hydrogens (tertiary/aromatic N) is 7. The monoisotopic (exact) mass is 465 g/mol. The minimum atomic E-state index is 0.605. The van der Waals surface area contributed by atoms with Crippen molar-refractivity contribution in [1.29, 1.82) is 0 Å². The Morgan fingerprint density at radius 3 is 1.53 bits per heavy atom. The highest BCUT2D eigenvalue weighted by Gasteiger charge is 2.20. The first kappa shape index (κ1) is 20.2. The van der Waals surface area contributed by atoms with Gasteiger partial charge in [-0.25, -0.2) is 4.98 Å². The number of aromatic nitrogens is 7. The van der Waals surface area contributed by atoms with E-state index in [1.165, 1.54) is 10.8 Å². The summed E-state index contributed by atoms with van der Waals surface area (Å²) in [6.07, 6.45) is 5.37. The first-order valence-corrected chi connectivity index (χ1v) is 11.6. The topological polar surface area (TPSA) is 74.3 Å². The van der Waals surface area contributed by atoms with E-state index in [1.54, 1.807) is 12.4 Å². The number of hydrogen-bond donors (Lipinski definition) is 0. The fourth-order valence-corrected chi connectivity index (χ4v) is 4.67. The average molecular weight is 466 g/mol. The molecule has 0 aliphatic heterocycles. The van der Waals surface area contributed by atoms with Crippen LogP contribution in [0.3, 0.4) is 0 Å². The zero-order valence-electron chi connectivity index (χ0n) is 19.1. The third-order valence-electron chi connectivity index (χ3n) is 6.25. The maximum atomic E-state index is 4.87.